The highest BCUT2D eigenvalue weighted by Crippen LogP contribution is 2.29. The zero-order valence-electron chi connectivity index (χ0n) is 10.8. The van der Waals surface area contributed by atoms with Gasteiger partial charge >= 0.3 is 0 Å². The summed E-state index contributed by atoms with van der Waals surface area (Å²) in [6, 6.07) is 5.05. The minimum Gasteiger partial charge on any atom is -0.318 e. The Labute approximate surface area is 116 Å². The monoisotopic (exact) mass is 282 g/mol. The van der Waals surface area contributed by atoms with Gasteiger partial charge in [-0.05, 0) is 5.56 Å². The molecule has 1 aromatic carbocycles. The Morgan fingerprint density at radius 1 is 1.63 bits per heavy atom. The topological polar surface area (TPSA) is 84.4 Å². The number of hydrogen-bond acceptors (Lipinski definition) is 6. The van der Waals surface area contributed by atoms with Crippen molar-refractivity contribution < 1.29 is 4.92 Å². The summed E-state index contributed by atoms with van der Waals surface area (Å²) in [5.74, 6) is 6.54. The van der Waals surface area contributed by atoms with E-state index in [0.29, 0.717) is 17.5 Å². The van der Waals surface area contributed by atoms with Crippen LogP contribution in [-0.4, -0.2) is 33.9 Å². The molecule has 0 aromatic heterocycles. The lowest BCUT2D eigenvalue weighted by Gasteiger charge is -2.30. The first-order chi connectivity index (χ1) is 9.11. The number of hydrazine groups is 1. The Morgan fingerprint density at radius 2 is 2.42 bits per heavy atom. The van der Waals surface area contributed by atoms with Crippen LogP contribution in [-0.2, 0) is 6.54 Å². The normalized spacial score (nSPS) is 20.2. The molecule has 6 nitrogen and oxygen atoms in total. The lowest BCUT2D eigenvalue weighted by atomic mass is 10.1. The number of benzene rings is 1. The first-order valence-corrected chi connectivity index (χ1v) is 7.23. The fourth-order valence-electron chi connectivity index (χ4n) is 2.31. The summed E-state index contributed by atoms with van der Waals surface area (Å²) in [6.07, 6.45) is 0. The Bertz CT molecular complexity index is 469. The number of nitro groups is 1. The minimum atomic E-state index is -0.409. The first-order valence-electron chi connectivity index (χ1n) is 6.18. The molecule has 0 saturated carbocycles. The van der Waals surface area contributed by atoms with Crippen molar-refractivity contribution in [3.8, 4) is 0 Å². The van der Waals surface area contributed by atoms with Gasteiger partial charge in [0.15, 0.2) is 0 Å². The fourth-order valence-corrected chi connectivity index (χ4v) is 3.39. The third kappa shape index (κ3) is 3.37. The van der Waals surface area contributed by atoms with E-state index in [9.17, 15) is 10.1 Å². The van der Waals surface area contributed by atoms with Crippen LogP contribution in [0.1, 0.15) is 12.5 Å². The molecule has 1 unspecified atom stereocenters. The Kier molecular flexibility index (Phi) is 4.62. The first kappa shape index (κ1) is 14.1. The van der Waals surface area contributed by atoms with Gasteiger partial charge in [0.1, 0.15) is 5.69 Å². The zero-order valence-corrected chi connectivity index (χ0v) is 11.7. The van der Waals surface area contributed by atoms with E-state index in [4.69, 9.17) is 5.84 Å². The molecular weight excluding hydrogens is 264 g/mol. The predicted octanol–water partition coefficient (Wildman–Crippen LogP) is 1.82. The lowest BCUT2D eigenvalue weighted by molar-refractivity contribution is -0.384. The average Bonchev–Trinajstić information content (AvgIpc) is 2.38. The predicted molar refractivity (Wildman–Crippen MR) is 78.1 cm³/mol. The van der Waals surface area contributed by atoms with Crippen LogP contribution in [0.2, 0.25) is 0 Å². The molecule has 19 heavy (non-hydrogen) atoms. The van der Waals surface area contributed by atoms with Gasteiger partial charge in [-0.1, -0.05) is 19.1 Å². The van der Waals surface area contributed by atoms with Crippen LogP contribution in [0.25, 0.3) is 0 Å². The number of hydrogen-bond donors (Lipinski definition) is 2. The molecule has 1 aliphatic rings. The van der Waals surface area contributed by atoms with E-state index < -0.39 is 4.92 Å². The number of nitrogen functional groups attached to an aromatic ring is 1. The van der Waals surface area contributed by atoms with Crippen molar-refractivity contribution in [3.05, 3.63) is 33.9 Å². The number of rotatable bonds is 4. The van der Waals surface area contributed by atoms with E-state index in [-0.39, 0.29) is 5.69 Å². The van der Waals surface area contributed by atoms with Crippen molar-refractivity contribution >= 4 is 23.1 Å². The third-order valence-electron chi connectivity index (χ3n) is 3.19. The maximum atomic E-state index is 11.0. The van der Waals surface area contributed by atoms with Gasteiger partial charge in [-0.25, -0.2) is 0 Å². The summed E-state index contributed by atoms with van der Waals surface area (Å²) in [5.41, 5.74) is 3.79. The summed E-state index contributed by atoms with van der Waals surface area (Å²) in [6.45, 7) is 4.89. The van der Waals surface area contributed by atoms with E-state index in [1.165, 1.54) is 6.07 Å². The molecule has 1 saturated heterocycles. The highest BCUT2D eigenvalue weighted by molar-refractivity contribution is 7.99. The molecule has 1 aliphatic heterocycles. The SMILES string of the molecule is CC1CN(Cc2cccc([N+](=O)[O-])c2NN)CCS1. The quantitative estimate of drug-likeness (QED) is 0.498. The number of nitro benzene ring substituents is 1. The van der Waals surface area contributed by atoms with E-state index >= 15 is 0 Å². The van der Waals surface area contributed by atoms with Crippen LogP contribution >= 0.6 is 11.8 Å². The van der Waals surface area contributed by atoms with Crippen molar-refractivity contribution in [1.82, 2.24) is 4.90 Å². The molecule has 0 radical (unpaired) electrons. The molecule has 0 aliphatic carbocycles. The number of nitrogens with zero attached hydrogens (tertiary/aromatic N) is 2. The summed E-state index contributed by atoms with van der Waals surface area (Å²) in [7, 11) is 0. The van der Waals surface area contributed by atoms with Gasteiger partial charge in [0.25, 0.3) is 5.69 Å². The molecule has 2 rings (SSSR count). The molecule has 1 aromatic rings. The molecule has 104 valence electrons. The van der Waals surface area contributed by atoms with Crippen LogP contribution in [0, 0.1) is 10.1 Å². The van der Waals surface area contributed by atoms with Crippen LogP contribution < -0.4 is 11.3 Å². The highest BCUT2D eigenvalue weighted by Gasteiger charge is 2.21. The van der Waals surface area contributed by atoms with Gasteiger partial charge in [-0.2, -0.15) is 11.8 Å². The van der Waals surface area contributed by atoms with Crippen molar-refractivity contribution in [1.29, 1.82) is 0 Å². The summed E-state index contributed by atoms with van der Waals surface area (Å²) >= 11 is 1.96. The fraction of sp³-hybridized carbons (Fsp3) is 0.500. The van der Waals surface area contributed by atoms with Crippen LogP contribution in [0.15, 0.2) is 18.2 Å². The smallest absolute Gasteiger partial charge is 0.293 e. The summed E-state index contributed by atoms with van der Waals surface area (Å²) in [4.78, 5) is 12.9. The average molecular weight is 282 g/mol. The van der Waals surface area contributed by atoms with Crippen molar-refractivity contribution in [2.45, 2.75) is 18.7 Å². The molecule has 1 atom stereocenters. The summed E-state index contributed by atoms with van der Waals surface area (Å²) in [5, 5.41) is 11.6. The number of nitrogens with two attached hydrogens (primary N) is 1. The lowest BCUT2D eigenvalue weighted by Crippen LogP contribution is -2.36. The van der Waals surface area contributed by atoms with E-state index in [1.807, 2.05) is 17.8 Å². The van der Waals surface area contributed by atoms with Crippen molar-refractivity contribution in [2.24, 2.45) is 5.84 Å². The van der Waals surface area contributed by atoms with Crippen LogP contribution in [0.3, 0.4) is 0 Å². The highest BCUT2D eigenvalue weighted by atomic mass is 32.2. The molecule has 3 N–H and O–H groups in total. The largest absolute Gasteiger partial charge is 0.318 e. The molecule has 7 heteroatoms. The Morgan fingerprint density at radius 3 is 3.05 bits per heavy atom. The molecule has 0 bridgehead atoms. The molecule has 0 spiro atoms. The van der Waals surface area contributed by atoms with Crippen LogP contribution in [0.5, 0.6) is 0 Å². The van der Waals surface area contributed by atoms with Gasteiger partial charge in [-0.15, -0.1) is 0 Å². The second-order valence-corrected chi connectivity index (χ2v) is 6.18. The van der Waals surface area contributed by atoms with Crippen molar-refractivity contribution in [3.63, 3.8) is 0 Å². The van der Waals surface area contributed by atoms with Gasteiger partial charge in [-0.3, -0.25) is 20.9 Å². The second kappa shape index (κ2) is 6.23. The number of thioether (sulfide) groups is 1. The second-order valence-electron chi connectivity index (χ2n) is 4.63. The Hall–Kier alpha value is -1.31. The summed E-state index contributed by atoms with van der Waals surface area (Å²) < 4.78 is 0. The molecule has 1 heterocycles. The number of para-hydroxylation sites is 1. The standard InChI is InChI=1S/C12H18N4O2S/c1-9-7-15(5-6-19-9)8-10-3-2-4-11(16(17)18)12(10)14-13/h2-4,9,14H,5-8,13H2,1H3. The molecular formula is C12H18N4O2S. The van der Waals surface area contributed by atoms with Crippen molar-refractivity contribution in [2.75, 3.05) is 24.3 Å². The van der Waals surface area contributed by atoms with E-state index in [1.54, 1.807) is 6.07 Å². The van der Waals surface area contributed by atoms with Gasteiger partial charge < -0.3 is 5.43 Å². The number of anilines is 1. The van der Waals surface area contributed by atoms with Crippen LogP contribution in [0.4, 0.5) is 11.4 Å². The van der Waals surface area contributed by atoms with Gasteiger partial charge in [0.2, 0.25) is 0 Å². The number of nitrogens with one attached hydrogen (secondary N) is 1. The third-order valence-corrected chi connectivity index (χ3v) is 4.33. The Balaban J connectivity index is 2.19. The maximum absolute atomic E-state index is 11.0. The van der Waals surface area contributed by atoms with E-state index in [2.05, 4.69) is 17.2 Å². The van der Waals surface area contributed by atoms with E-state index in [0.717, 1.165) is 24.4 Å². The molecule has 1 fully saturated rings. The molecule has 0 amide bonds. The van der Waals surface area contributed by atoms with Gasteiger partial charge in [0.05, 0.1) is 4.92 Å². The van der Waals surface area contributed by atoms with Gasteiger partial charge in [0, 0.05) is 36.7 Å². The maximum Gasteiger partial charge on any atom is 0.293 e. The zero-order chi connectivity index (χ0) is 13.8. The minimum absolute atomic E-state index is 0.0273.